The molecule has 0 aliphatic rings. The zero-order valence-electron chi connectivity index (χ0n) is 19.8. The summed E-state index contributed by atoms with van der Waals surface area (Å²) in [6, 6.07) is 15.8. The molecular formula is C26H27F2N3O4. The lowest BCUT2D eigenvalue weighted by molar-refractivity contribution is -0.158. The fraction of sp³-hybridized carbons (Fsp3) is 0.308. The largest absolute Gasteiger partial charge is 0.433 e. The molecule has 0 bridgehead atoms. The van der Waals surface area contributed by atoms with E-state index in [1.165, 1.54) is 16.7 Å². The van der Waals surface area contributed by atoms with Gasteiger partial charge in [0.05, 0.1) is 11.2 Å². The van der Waals surface area contributed by atoms with Gasteiger partial charge in [-0.3, -0.25) is 13.9 Å². The Morgan fingerprint density at radius 3 is 2.40 bits per heavy atom. The van der Waals surface area contributed by atoms with Crippen molar-refractivity contribution in [3.8, 4) is 17.0 Å². The molecule has 0 spiro atoms. The van der Waals surface area contributed by atoms with Crippen LogP contribution in [0, 0.1) is 6.92 Å². The summed E-state index contributed by atoms with van der Waals surface area (Å²) in [5, 5.41) is 9.23. The van der Waals surface area contributed by atoms with Gasteiger partial charge in [0.25, 0.3) is 5.56 Å². The lowest BCUT2D eigenvalue weighted by atomic mass is 10.1. The van der Waals surface area contributed by atoms with E-state index in [0.717, 1.165) is 15.7 Å². The molecule has 4 aromatic rings. The van der Waals surface area contributed by atoms with Crippen LogP contribution in [0.5, 0.6) is 5.75 Å². The van der Waals surface area contributed by atoms with Gasteiger partial charge in [0.1, 0.15) is 11.3 Å². The number of aromatic nitrogens is 3. The first-order valence-electron chi connectivity index (χ1n) is 11.3. The Labute approximate surface area is 200 Å². The van der Waals surface area contributed by atoms with Crippen molar-refractivity contribution in [3.05, 3.63) is 86.6 Å². The number of hydrogen-bond donors (Lipinski definition) is 1. The molecule has 0 aliphatic heterocycles. The van der Waals surface area contributed by atoms with E-state index in [0.29, 0.717) is 35.8 Å². The third-order valence-electron chi connectivity index (χ3n) is 5.83. The minimum absolute atomic E-state index is 0.0172. The van der Waals surface area contributed by atoms with Gasteiger partial charge >= 0.3 is 11.8 Å². The standard InChI is InChI=1S/C26H27F2N3O4/c1-17-8-10-18(11-9-17)16-31-21(19-6-4-7-20(14-19)35-26(2,27)28)15-22-23(31)24(33)30(12-5-13-32)25(34)29(22)3/h4,6-11,14-15,32H,5,12-13,16H2,1-3H3. The lowest BCUT2D eigenvalue weighted by Crippen LogP contribution is -2.39. The van der Waals surface area contributed by atoms with Gasteiger partial charge in [-0.25, -0.2) is 4.79 Å². The Morgan fingerprint density at radius 2 is 1.74 bits per heavy atom. The number of rotatable bonds is 8. The molecule has 35 heavy (non-hydrogen) atoms. The molecule has 4 rings (SSSR count). The summed E-state index contributed by atoms with van der Waals surface area (Å²) in [7, 11) is 1.58. The smallest absolute Gasteiger partial charge is 0.394 e. The molecule has 0 atom stereocenters. The van der Waals surface area contributed by atoms with Crippen LogP contribution >= 0.6 is 0 Å². The highest BCUT2D eigenvalue weighted by molar-refractivity contribution is 5.84. The molecule has 9 heteroatoms. The fourth-order valence-electron chi connectivity index (χ4n) is 4.15. The molecule has 0 amide bonds. The van der Waals surface area contributed by atoms with E-state index in [-0.39, 0.29) is 25.3 Å². The van der Waals surface area contributed by atoms with Crippen LogP contribution in [0.15, 0.2) is 64.2 Å². The van der Waals surface area contributed by atoms with Gasteiger partial charge in [0, 0.05) is 39.2 Å². The van der Waals surface area contributed by atoms with E-state index >= 15 is 0 Å². The second kappa shape index (κ2) is 9.50. The molecular weight excluding hydrogens is 456 g/mol. The van der Waals surface area contributed by atoms with Gasteiger partial charge < -0.3 is 14.4 Å². The SMILES string of the molecule is Cc1ccc(Cn2c(-c3cccc(OC(C)(F)F)c3)cc3c2c(=O)n(CCCO)c(=O)n3C)cc1. The topological polar surface area (TPSA) is 78.4 Å². The number of aliphatic hydroxyl groups is 1. The maximum atomic E-state index is 13.5. The molecule has 7 nitrogen and oxygen atoms in total. The summed E-state index contributed by atoms with van der Waals surface area (Å²) < 4.78 is 36.0. The van der Waals surface area contributed by atoms with Crippen molar-refractivity contribution in [1.82, 2.24) is 13.7 Å². The predicted molar refractivity (Wildman–Crippen MR) is 130 cm³/mol. The maximum Gasteiger partial charge on any atom is 0.394 e. The van der Waals surface area contributed by atoms with Crippen molar-refractivity contribution in [1.29, 1.82) is 0 Å². The van der Waals surface area contributed by atoms with Gasteiger partial charge in [0.15, 0.2) is 0 Å². The van der Waals surface area contributed by atoms with E-state index in [1.54, 1.807) is 29.8 Å². The summed E-state index contributed by atoms with van der Waals surface area (Å²) in [6.45, 7) is 2.89. The van der Waals surface area contributed by atoms with Crippen molar-refractivity contribution >= 4 is 11.0 Å². The van der Waals surface area contributed by atoms with Crippen molar-refractivity contribution in [3.63, 3.8) is 0 Å². The number of ether oxygens (including phenoxy) is 1. The number of benzene rings is 2. The van der Waals surface area contributed by atoms with Crippen LogP contribution < -0.4 is 16.0 Å². The fourth-order valence-corrected chi connectivity index (χ4v) is 4.15. The molecule has 0 radical (unpaired) electrons. The average molecular weight is 484 g/mol. The highest BCUT2D eigenvalue weighted by atomic mass is 19.3. The van der Waals surface area contributed by atoms with Crippen molar-refractivity contribution in [2.75, 3.05) is 6.61 Å². The van der Waals surface area contributed by atoms with E-state index in [4.69, 9.17) is 4.74 Å². The molecule has 0 fully saturated rings. The minimum atomic E-state index is -3.35. The van der Waals surface area contributed by atoms with E-state index < -0.39 is 17.4 Å². The van der Waals surface area contributed by atoms with Gasteiger partial charge in [-0.15, -0.1) is 0 Å². The first-order valence-corrected chi connectivity index (χ1v) is 11.3. The normalized spacial score (nSPS) is 11.8. The molecule has 0 aliphatic carbocycles. The van der Waals surface area contributed by atoms with Gasteiger partial charge in [-0.2, -0.15) is 8.78 Å². The molecule has 2 aromatic carbocycles. The van der Waals surface area contributed by atoms with Crippen LogP contribution in [0.25, 0.3) is 22.3 Å². The quantitative estimate of drug-likeness (QED) is 0.412. The second-order valence-corrected chi connectivity index (χ2v) is 8.65. The first-order chi connectivity index (χ1) is 16.6. The molecule has 0 unspecified atom stereocenters. The van der Waals surface area contributed by atoms with E-state index in [9.17, 15) is 23.5 Å². The minimum Gasteiger partial charge on any atom is -0.433 e. The third-order valence-corrected chi connectivity index (χ3v) is 5.83. The van der Waals surface area contributed by atoms with Gasteiger partial charge in [-0.05, 0) is 37.1 Å². The van der Waals surface area contributed by atoms with Crippen molar-refractivity contribution in [2.45, 2.75) is 39.5 Å². The van der Waals surface area contributed by atoms with Crippen molar-refractivity contribution in [2.24, 2.45) is 7.05 Å². The Kier molecular flexibility index (Phi) is 6.62. The molecule has 0 saturated carbocycles. The molecule has 0 saturated heterocycles. The van der Waals surface area contributed by atoms with Crippen LogP contribution in [-0.4, -0.2) is 31.5 Å². The highest BCUT2D eigenvalue weighted by Gasteiger charge is 2.24. The summed E-state index contributed by atoms with van der Waals surface area (Å²) in [6.07, 6.45) is -3.09. The highest BCUT2D eigenvalue weighted by Crippen LogP contribution is 2.31. The van der Waals surface area contributed by atoms with Crippen LogP contribution in [0.2, 0.25) is 0 Å². The molecule has 184 valence electrons. The van der Waals surface area contributed by atoms with Gasteiger partial charge in [0.2, 0.25) is 0 Å². The molecule has 2 aromatic heterocycles. The first kappa shape index (κ1) is 24.4. The lowest BCUT2D eigenvalue weighted by Gasteiger charge is -2.15. The van der Waals surface area contributed by atoms with Crippen LogP contribution in [0.1, 0.15) is 24.5 Å². The van der Waals surface area contributed by atoms with Crippen LogP contribution in [0.4, 0.5) is 8.78 Å². The number of nitrogens with zero attached hydrogens (tertiary/aromatic N) is 3. The Bertz CT molecular complexity index is 1480. The van der Waals surface area contributed by atoms with Crippen LogP contribution in [0.3, 0.4) is 0 Å². The van der Waals surface area contributed by atoms with Gasteiger partial charge in [-0.1, -0.05) is 42.0 Å². The number of aliphatic hydroxyl groups excluding tert-OH is 1. The Hall–Kier alpha value is -3.72. The molecule has 2 heterocycles. The number of halogens is 2. The maximum absolute atomic E-state index is 13.5. The monoisotopic (exact) mass is 483 g/mol. The Balaban J connectivity index is 1.98. The second-order valence-electron chi connectivity index (χ2n) is 8.65. The van der Waals surface area contributed by atoms with Crippen LogP contribution in [-0.2, 0) is 20.1 Å². The number of alkyl halides is 2. The summed E-state index contributed by atoms with van der Waals surface area (Å²) >= 11 is 0. The van der Waals surface area contributed by atoms with Crippen molar-refractivity contribution < 1.29 is 18.6 Å². The number of aryl methyl sites for hydroxylation is 2. The number of hydrogen-bond acceptors (Lipinski definition) is 4. The van der Waals surface area contributed by atoms with E-state index in [2.05, 4.69) is 0 Å². The summed E-state index contributed by atoms with van der Waals surface area (Å²) in [5.74, 6) is -0.0172. The summed E-state index contributed by atoms with van der Waals surface area (Å²) in [4.78, 5) is 26.4. The molecule has 1 N–H and O–H groups in total. The summed E-state index contributed by atoms with van der Waals surface area (Å²) in [5.41, 5.74) is 2.94. The Morgan fingerprint density at radius 1 is 1.03 bits per heavy atom. The van der Waals surface area contributed by atoms with E-state index in [1.807, 2.05) is 31.2 Å². The number of fused-ring (bicyclic) bond motifs is 1. The average Bonchev–Trinajstić information content (AvgIpc) is 3.18. The third kappa shape index (κ3) is 5.05. The zero-order valence-corrected chi connectivity index (χ0v) is 19.8. The zero-order chi connectivity index (χ0) is 25.3. The predicted octanol–water partition coefficient (Wildman–Crippen LogP) is 3.90.